The van der Waals surface area contributed by atoms with Crippen molar-refractivity contribution in [2.45, 2.75) is 31.8 Å². The summed E-state index contributed by atoms with van der Waals surface area (Å²) in [6.45, 7) is 7.69. The lowest BCUT2D eigenvalue weighted by molar-refractivity contribution is -0.134. The first-order chi connectivity index (χ1) is 10.2. The van der Waals surface area contributed by atoms with E-state index < -0.39 is 0 Å². The summed E-state index contributed by atoms with van der Waals surface area (Å²) in [6.07, 6.45) is 1.74. The minimum absolute atomic E-state index is 0.319. The quantitative estimate of drug-likeness (QED) is 0.780. The lowest BCUT2D eigenvalue weighted by atomic mass is 10.1. The van der Waals surface area contributed by atoms with Gasteiger partial charge in [0.25, 0.3) is 0 Å². The van der Waals surface area contributed by atoms with Gasteiger partial charge in [0, 0.05) is 69.8 Å². The van der Waals surface area contributed by atoms with Crippen molar-refractivity contribution in [1.82, 2.24) is 15.1 Å². The van der Waals surface area contributed by atoms with Crippen LogP contribution in [0.3, 0.4) is 0 Å². The first-order valence-corrected chi connectivity index (χ1v) is 9.22. The Hall–Kier alpha value is -0.300. The molecule has 2 fully saturated rings. The first kappa shape index (κ1) is 17.1. The molecular formula is C15H29N3O2S. The Balaban J connectivity index is 1.79. The predicted molar refractivity (Wildman–Crippen MR) is 87.8 cm³/mol. The van der Waals surface area contributed by atoms with Crippen LogP contribution in [-0.4, -0.2) is 85.7 Å². The molecule has 6 heteroatoms. The van der Waals surface area contributed by atoms with Crippen molar-refractivity contribution < 1.29 is 9.53 Å². The highest BCUT2D eigenvalue weighted by molar-refractivity contribution is 7.99. The second-order valence-corrected chi connectivity index (χ2v) is 7.01. The fourth-order valence-corrected chi connectivity index (χ4v) is 4.05. The molecule has 0 spiro atoms. The zero-order valence-corrected chi connectivity index (χ0v) is 14.2. The molecule has 2 aliphatic heterocycles. The minimum Gasteiger partial charge on any atom is -0.383 e. The van der Waals surface area contributed by atoms with Crippen LogP contribution in [0.25, 0.3) is 0 Å². The Labute approximate surface area is 132 Å². The third kappa shape index (κ3) is 5.13. The molecule has 2 unspecified atom stereocenters. The molecule has 0 saturated carbocycles. The average Bonchev–Trinajstić information content (AvgIpc) is 2.53. The molecule has 0 aliphatic carbocycles. The highest BCUT2D eigenvalue weighted by Crippen LogP contribution is 2.16. The zero-order chi connectivity index (χ0) is 15.1. The maximum absolute atomic E-state index is 12.5. The first-order valence-electron chi connectivity index (χ1n) is 8.06. The number of thioether (sulfide) groups is 1. The molecular weight excluding hydrogens is 286 g/mol. The fourth-order valence-electron chi connectivity index (χ4n) is 3.10. The topological polar surface area (TPSA) is 44.8 Å². The molecule has 122 valence electrons. The van der Waals surface area contributed by atoms with Gasteiger partial charge in [0.1, 0.15) is 0 Å². The number of carbonyl (C=O) groups is 1. The van der Waals surface area contributed by atoms with Crippen molar-refractivity contribution in [2.24, 2.45) is 0 Å². The van der Waals surface area contributed by atoms with Crippen LogP contribution in [0.4, 0.5) is 0 Å². The molecule has 0 aromatic rings. The monoisotopic (exact) mass is 315 g/mol. The fraction of sp³-hybridized carbons (Fsp3) is 0.933. The largest absolute Gasteiger partial charge is 0.383 e. The molecule has 1 N–H and O–H groups in total. The average molecular weight is 315 g/mol. The standard InChI is InChI=1S/C15H29N3O2S/c1-3-14-11-18(6-5-17(14)7-8-20-2)15(19)10-13-12-21-9-4-16-13/h13-14,16H,3-12H2,1-2H3. The van der Waals surface area contributed by atoms with E-state index >= 15 is 0 Å². The Bertz CT molecular complexity index is 324. The molecule has 5 nitrogen and oxygen atoms in total. The summed E-state index contributed by atoms with van der Waals surface area (Å²) in [7, 11) is 1.75. The maximum Gasteiger partial charge on any atom is 0.224 e. The summed E-state index contributed by atoms with van der Waals surface area (Å²) in [5.74, 6) is 2.55. The van der Waals surface area contributed by atoms with Gasteiger partial charge in [-0.25, -0.2) is 0 Å². The number of amides is 1. The predicted octanol–water partition coefficient (Wildman–Crippen LogP) is 0.651. The van der Waals surface area contributed by atoms with Gasteiger partial charge >= 0.3 is 0 Å². The molecule has 21 heavy (non-hydrogen) atoms. The molecule has 0 radical (unpaired) electrons. The van der Waals surface area contributed by atoms with Gasteiger partial charge in [0.15, 0.2) is 0 Å². The number of ether oxygens (including phenoxy) is 1. The van der Waals surface area contributed by atoms with Gasteiger partial charge < -0.3 is 15.0 Å². The van der Waals surface area contributed by atoms with Gasteiger partial charge in [-0.05, 0) is 6.42 Å². The second-order valence-electron chi connectivity index (χ2n) is 5.86. The van der Waals surface area contributed by atoms with E-state index in [1.807, 2.05) is 11.8 Å². The van der Waals surface area contributed by atoms with Gasteiger partial charge in [-0.2, -0.15) is 11.8 Å². The van der Waals surface area contributed by atoms with Gasteiger partial charge in [-0.1, -0.05) is 6.92 Å². The Morgan fingerprint density at radius 3 is 2.95 bits per heavy atom. The molecule has 2 aliphatic rings. The SMILES string of the molecule is CCC1CN(C(=O)CC2CSCCN2)CCN1CCOC. The van der Waals surface area contributed by atoms with Gasteiger partial charge in [-0.15, -0.1) is 0 Å². The number of hydrogen-bond donors (Lipinski definition) is 1. The smallest absolute Gasteiger partial charge is 0.224 e. The molecule has 2 rings (SSSR count). The number of piperazine rings is 1. The normalized spacial score (nSPS) is 27.8. The van der Waals surface area contributed by atoms with Crippen molar-refractivity contribution in [1.29, 1.82) is 0 Å². The van der Waals surface area contributed by atoms with Crippen LogP contribution in [0.5, 0.6) is 0 Å². The summed E-state index contributed by atoms with van der Waals surface area (Å²) in [5.41, 5.74) is 0. The summed E-state index contributed by atoms with van der Waals surface area (Å²) in [4.78, 5) is 17.0. The molecule has 0 aromatic carbocycles. The van der Waals surface area contributed by atoms with E-state index in [0.717, 1.165) is 51.5 Å². The van der Waals surface area contributed by atoms with E-state index in [4.69, 9.17) is 4.74 Å². The van der Waals surface area contributed by atoms with E-state index in [1.54, 1.807) is 7.11 Å². The number of nitrogens with zero attached hydrogens (tertiary/aromatic N) is 2. The van der Waals surface area contributed by atoms with Crippen LogP contribution in [0.15, 0.2) is 0 Å². The maximum atomic E-state index is 12.5. The van der Waals surface area contributed by atoms with E-state index in [0.29, 0.717) is 24.4 Å². The third-order valence-corrected chi connectivity index (χ3v) is 5.56. The van der Waals surface area contributed by atoms with Crippen LogP contribution in [0, 0.1) is 0 Å². The summed E-state index contributed by atoms with van der Waals surface area (Å²) in [5, 5.41) is 3.46. The number of hydrogen-bond acceptors (Lipinski definition) is 5. The Morgan fingerprint density at radius 2 is 2.29 bits per heavy atom. The summed E-state index contributed by atoms with van der Waals surface area (Å²) >= 11 is 1.95. The summed E-state index contributed by atoms with van der Waals surface area (Å²) in [6, 6.07) is 0.842. The van der Waals surface area contributed by atoms with Gasteiger partial charge in [0.05, 0.1) is 6.61 Å². The summed E-state index contributed by atoms with van der Waals surface area (Å²) < 4.78 is 5.18. The van der Waals surface area contributed by atoms with Crippen molar-refractivity contribution >= 4 is 17.7 Å². The van der Waals surface area contributed by atoms with Crippen LogP contribution in [0.2, 0.25) is 0 Å². The minimum atomic E-state index is 0.319. The van der Waals surface area contributed by atoms with Crippen LogP contribution < -0.4 is 5.32 Å². The Kier molecular flexibility index (Phi) is 7.29. The van der Waals surface area contributed by atoms with Gasteiger partial charge in [-0.3, -0.25) is 9.69 Å². The molecule has 0 aromatic heterocycles. The second kappa shape index (κ2) is 8.98. The van der Waals surface area contributed by atoms with Crippen molar-refractivity contribution in [2.75, 3.05) is 57.9 Å². The lowest BCUT2D eigenvalue weighted by Crippen LogP contribution is -2.56. The third-order valence-electron chi connectivity index (χ3n) is 4.43. The molecule has 2 saturated heterocycles. The van der Waals surface area contributed by atoms with E-state index in [-0.39, 0.29) is 0 Å². The van der Waals surface area contributed by atoms with E-state index in [2.05, 4.69) is 22.0 Å². The zero-order valence-electron chi connectivity index (χ0n) is 13.3. The number of methoxy groups -OCH3 is 1. The van der Waals surface area contributed by atoms with Crippen molar-refractivity contribution in [3.05, 3.63) is 0 Å². The van der Waals surface area contributed by atoms with E-state index in [1.165, 1.54) is 5.75 Å². The lowest BCUT2D eigenvalue weighted by Gasteiger charge is -2.41. The van der Waals surface area contributed by atoms with Crippen LogP contribution >= 0.6 is 11.8 Å². The molecule has 0 bridgehead atoms. The Morgan fingerprint density at radius 1 is 1.43 bits per heavy atom. The highest BCUT2D eigenvalue weighted by Gasteiger charge is 2.29. The number of carbonyl (C=O) groups excluding carboxylic acids is 1. The van der Waals surface area contributed by atoms with Gasteiger partial charge in [0.2, 0.25) is 5.91 Å². The molecule has 2 heterocycles. The number of nitrogens with one attached hydrogen (secondary N) is 1. The van der Waals surface area contributed by atoms with Crippen LogP contribution in [0.1, 0.15) is 19.8 Å². The van der Waals surface area contributed by atoms with Crippen molar-refractivity contribution in [3.8, 4) is 0 Å². The number of rotatable bonds is 6. The molecule has 2 atom stereocenters. The molecule has 1 amide bonds. The van der Waals surface area contributed by atoms with E-state index in [9.17, 15) is 4.79 Å². The highest BCUT2D eigenvalue weighted by atomic mass is 32.2. The van der Waals surface area contributed by atoms with Crippen molar-refractivity contribution in [3.63, 3.8) is 0 Å². The van der Waals surface area contributed by atoms with Crippen LogP contribution in [-0.2, 0) is 9.53 Å².